The lowest BCUT2D eigenvalue weighted by Crippen LogP contribution is -2.15. The van der Waals surface area contributed by atoms with Gasteiger partial charge < -0.3 is 5.32 Å². The van der Waals surface area contributed by atoms with Crippen LogP contribution < -0.4 is 5.32 Å². The van der Waals surface area contributed by atoms with Crippen molar-refractivity contribution < 1.29 is 4.79 Å². The zero-order valence-electron chi connectivity index (χ0n) is 10.7. The second kappa shape index (κ2) is 5.80. The predicted molar refractivity (Wildman–Crippen MR) is 75.5 cm³/mol. The molecule has 0 atom stereocenters. The van der Waals surface area contributed by atoms with E-state index in [1.54, 1.807) is 36.4 Å². The molecule has 1 aromatic heterocycles. The zero-order valence-corrected chi connectivity index (χ0v) is 11.5. The van der Waals surface area contributed by atoms with Crippen molar-refractivity contribution in [2.75, 3.05) is 5.32 Å². The van der Waals surface area contributed by atoms with Crippen LogP contribution in [0.2, 0.25) is 5.02 Å². The van der Waals surface area contributed by atoms with Gasteiger partial charge in [-0.1, -0.05) is 37.6 Å². The molecular formula is C14H14ClN3O. The van der Waals surface area contributed by atoms with Gasteiger partial charge in [0.15, 0.2) is 5.69 Å². The van der Waals surface area contributed by atoms with Crippen molar-refractivity contribution in [3.63, 3.8) is 0 Å². The van der Waals surface area contributed by atoms with Gasteiger partial charge in [0.25, 0.3) is 5.91 Å². The van der Waals surface area contributed by atoms with E-state index in [0.29, 0.717) is 10.7 Å². The third-order valence-electron chi connectivity index (χ3n) is 2.63. The number of nitrogens with one attached hydrogen (secondary N) is 1. The quantitative estimate of drug-likeness (QED) is 0.933. The average molecular weight is 276 g/mol. The van der Waals surface area contributed by atoms with E-state index in [1.807, 2.05) is 13.8 Å². The molecule has 0 radical (unpaired) electrons. The molecule has 4 nitrogen and oxygen atoms in total. The van der Waals surface area contributed by atoms with Crippen molar-refractivity contribution in [2.24, 2.45) is 0 Å². The van der Waals surface area contributed by atoms with Crippen LogP contribution in [-0.2, 0) is 0 Å². The van der Waals surface area contributed by atoms with Gasteiger partial charge in [0.1, 0.15) is 0 Å². The number of benzene rings is 1. The van der Waals surface area contributed by atoms with Crippen molar-refractivity contribution in [3.05, 3.63) is 52.8 Å². The predicted octanol–water partition coefficient (Wildman–Crippen LogP) is 3.51. The van der Waals surface area contributed by atoms with Crippen molar-refractivity contribution in [1.82, 2.24) is 10.2 Å². The molecule has 0 aliphatic rings. The Labute approximate surface area is 116 Å². The summed E-state index contributed by atoms with van der Waals surface area (Å²) in [7, 11) is 0. The van der Waals surface area contributed by atoms with Crippen LogP contribution in [0.15, 0.2) is 36.4 Å². The van der Waals surface area contributed by atoms with E-state index in [0.717, 1.165) is 5.69 Å². The Balaban J connectivity index is 2.14. The van der Waals surface area contributed by atoms with Crippen LogP contribution >= 0.6 is 11.6 Å². The largest absolute Gasteiger partial charge is 0.319 e. The van der Waals surface area contributed by atoms with Gasteiger partial charge in [-0.25, -0.2) is 0 Å². The van der Waals surface area contributed by atoms with Gasteiger partial charge in [0.05, 0.1) is 16.4 Å². The van der Waals surface area contributed by atoms with Crippen molar-refractivity contribution in [1.29, 1.82) is 0 Å². The molecule has 5 heteroatoms. The summed E-state index contributed by atoms with van der Waals surface area (Å²) in [5.41, 5.74) is 1.68. The number of anilines is 1. The number of nitrogens with zero attached hydrogens (tertiary/aromatic N) is 2. The van der Waals surface area contributed by atoms with Crippen LogP contribution in [0.5, 0.6) is 0 Å². The summed E-state index contributed by atoms with van der Waals surface area (Å²) in [5.74, 6) is -0.0379. The average Bonchev–Trinajstić information content (AvgIpc) is 2.41. The molecule has 19 heavy (non-hydrogen) atoms. The Kier molecular flexibility index (Phi) is 4.12. The summed E-state index contributed by atoms with van der Waals surface area (Å²) in [6.45, 7) is 4.04. The van der Waals surface area contributed by atoms with Crippen LogP contribution in [0.25, 0.3) is 0 Å². The lowest BCUT2D eigenvalue weighted by molar-refractivity contribution is 0.102. The minimum absolute atomic E-state index is 0.268. The molecular weight excluding hydrogens is 262 g/mol. The summed E-state index contributed by atoms with van der Waals surface area (Å²) < 4.78 is 0. The number of amides is 1. The van der Waals surface area contributed by atoms with Crippen molar-refractivity contribution in [2.45, 2.75) is 19.8 Å². The third kappa shape index (κ3) is 3.29. The van der Waals surface area contributed by atoms with Crippen LogP contribution in [0, 0.1) is 0 Å². The lowest BCUT2D eigenvalue weighted by atomic mass is 10.1. The first-order valence-electron chi connectivity index (χ1n) is 5.97. The standard InChI is InChI=1S/C14H14ClN3O/c1-9(2)11-7-8-13(18-17-11)14(19)16-12-6-4-3-5-10(12)15/h3-9H,1-2H3,(H,16,19). The Morgan fingerprint density at radius 2 is 1.89 bits per heavy atom. The minimum atomic E-state index is -0.323. The summed E-state index contributed by atoms with van der Waals surface area (Å²) in [4.78, 5) is 12.0. The second-order valence-electron chi connectivity index (χ2n) is 4.43. The highest BCUT2D eigenvalue weighted by Crippen LogP contribution is 2.21. The number of hydrogen-bond acceptors (Lipinski definition) is 3. The van der Waals surface area contributed by atoms with Crippen LogP contribution in [-0.4, -0.2) is 16.1 Å². The molecule has 0 aliphatic carbocycles. The van der Waals surface area contributed by atoms with Gasteiger partial charge in [-0.15, -0.1) is 5.10 Å². The molecule has 0 unspecified atom stereocenters. The van der Waals surface area contributed by atoms with Crippen LogP contribution in [0.3, 0.4) is 0 Å². The lowest BCUT2D eigenvalue weighted by Gasteiger charge is -2.07. The molecule has 1 heterocycles. The number of carbonyl (C=O) groups excluding carboxylic acids is 1. The molecule has 2 aromatic rings. The number of hydrogen-bond donors (Lipinski definition) is 1. The molecule has 0 saturated carbocycles. The van der Waals surface area contributed by atoms with E-state index < -0.39 is 0 Å². The first kappa shape index (κ1) is 13.5. The Morgan fingerprint density at radius 1 is 1.16 bits per heavy atom. The molecule has 0 bridgehead atoms. The third-order valence-corrected chi connectivity index (χ3v) is 2.96. The fourth-order valence-corrected chi connectivity index (χ4v) is 1.70. The SMILES string of the molecule is CC(C)c1ccc(C(=O)Nc2ccccc2Cl)nn1. The van der Waals surface area contributed by atoms with E-state index in [-0.39, 0.29) is 17.5 Å². The Morgan fingerprint density at radius 3 is 2.47 bits per heavy atom. The maximum atomic E-state index is 12.0. The molecule has 0 saturated heterocycles. The number of rotatable bonds is 3. The molecule has 0 fully saturated rings. The highest BCUT2D eigenvalue weighted by molar-refractivity contribution is 6.33. The number of carbonyl (C=O) groups is 1. The van der Waals surface area contributed by atoms with Crippen LogP contribution in [0.1, 0.15) is 35.9 Å². The fraction of sp³-hybridized carbons (Fsp3) is 0.214. The topological polar surface area (TPSA) is 54.9 Å². The monoisotopic (exact) mass is 275 g/mol. The second-order valence-corrected chi connectivity index (χ2v) is 4.84. The smallest absolute Gasteiger partial charge is 0.276 e. The number of aromatic nitrogens is 2. The fourth-order valence-electron chi connectivity index (χ4n) is 1.52. The maximum Gasteiger partial charge on any atom is 0.276 e. The van der Waals surface area contributed by atoms with Gasteiger partial charge in [-0.05, 0) is 30.2 Å². The normalized spacial score (nSPS) is 10.5. The van der Waals surface area contributed by atoms with Gasteiger partial charge in [-0.2, -0.15) is 5.10 Å². The highest BCUT2D eigenvalue weighted by atomic mass is 35.5. The summed E-state index contributed by atoms with van der Waals surface area (Å²) >= 11 is 5.97. The summed E-state index contributed by atoms with van der Waals surface area (Å²) in [5, 5.41) is 11.1. The van der Waals surface area contributed by atoms with E-state index >= 15 is 0 Å². The van der Waals surface area contributed by atoms with E-state index in [2.05, 4.69) is 15.5 Å². The molecule has 1 N–H and O–H groups in total. The number of para-hydroxylation sites is 1. The van der Waals surface area contributed by atoms with Gasteiger partial charge in [-0.3, -0.25) is 4.79 Å². The number of halogens is 1. The summed E-state index contributed by atoms with van der Waals surface area (Å²) in [6.07, 6.45) is 0. The molecule has 0 spiro atoms. The maximum absolute atomic E-state index is 12.0. The molecule has 1 amide bonds. The Hall–Kier alpha value is -1.94. The van der Waals surface area contributed by atoms with Crippen molar-refractivity contribution >= 4 is 23.2 Å². The Bertz CT molecular complexity index is 581. The van der Waals surface area contributed by atoms with Gasteiger partial charge >= 0.3 is 0 Å². The van der Waals surface area contributed by atoms with Gasteiger partial charge in [0, 0.05) is 0 Å². The molecule has 1 aromatic carbocycles. The molecule has 2 rings (SSSR count). The zero-order chi connectivity index (χ0) is 13.8. The first-order valence-corrected chi connectivity index (χ1v) is 6.35. The summed E-state index contributed by atoms with van der Waals surface area (Å²) in [6, 6.07) is 10.5. The van der Waals surface area contributed by atoms with E-state index in [9.17, 15) is 4.79 Å². The van der Waals surface area contributed by atoms with Gasteiger partial charge in [0.2, 0.25) is 0 Å². The molecule has 0 aliphatic heterocycles. The van der Waals surface area contributed by atoms with Crippen LogP contribution in [0.4, 0.5) is 5.69 Å². The van der Waals surface area contributed by atoms with E-state index in [4.69, 9.17) is 11.6 Å². The minimum Gasteiger partial charge on any atom is -0.319 e. The first-order chi connectivity index (χ1) is 9.08. The molecule has 98 valence electrons. The van der Waals surface area contributed by atoms with Crippen molar-refractivity contribution in [3.8, 4) is 0 Å². The van der Waals surface area contributed by atoms with E-state index in [1.165, 1.54) is 0 Å². The highest BCUT2D eigenvalue weighted by Gasteiger charge is 2.11.